The van der Waals surface area contributed by atoms with Crippen molar-refractivity contribution in [2.24, 2.45) is 5.92 Å². The normalized spacial score (nSPS) is 27.8. The Labute approximate surface area is 55.2 Å². The minimum absolute atomic E-state index is 0.188. The summed E-state index contributed by atoms with van der Waals surface area (Å²) < 4.78 is 0. The first kappa shape index (κ1) is 6.33. The Kier molecular flexibility index (Phi) is 1.31. The summed E-state index contributed by atoms with van der Waals surface area (Å²) in [7, 11) is 1.77. The number of hydrogen-bond donors (Lipinski definition) is 0. The Balaban J connectivity index is 2.77. The lowest BCUT2D eigenvalue weighted by Crippen LogP contribution is -2.16. The number of carbonyl (C=O) groups excluding carboxylic acids is 1. The van der Waals surface area contributed by atoms with Gasteiger partial charge in [-0.15, -0.1) is 0 Å². The van der Waals surface area contributed by atoms with Crippen LogP contribution in [0.4, 0.5) is 0 Å². The predicted molar refractivity (Wildman–Crippen MR) is 35.7 cm³/mol. The lowest BCUT2D eigenvalue weighted by Gasteiger charge is -2.09. The summed E-state index contributed by atoms with van der Waals surface area (Å²) in [5.74, 6) is 0.537. The van der Waals surface area contributed by atoms with E-state index in [1.165, 1.54) is 0 Å². The largest absolute Gasteiger partial charge is 0.320 e. The van der Waals surface area contributed by atoms with E-state index >= 15 is 0 Å². The molecule has 0 aromatic rings. The minimum atomic E-state index is 0.188. The van der Waals surface area contributed by atoms with Crippen LogP contribution in [0.25, 0.3) is 0 Å². The first-order valence-corrected chi connectivity index (χ1v) is 3.08. The molecule has 0 aromatic carbocycles. The maximum absolute atomic E-state index is 10.9. The van der Waals surface area contributed by atoms with Crippen LogP contribution in [0.15, 0.2) is 12.3 Å². The predicted octanol–water partition coefficient (Wildman–Crippen LogP) is 0.998. The summed E-state index contributed by atoms with van der Waals surface area (Å²) in [5, 5.41) is 0. The van der Waals surface area contributed by atoms with Crippen molar-refractivity contribution in [3.8, 4) is 0 Å². The molecule has 9 heavy (non-hydrogen) atoms. The molecule has 0 bridgehead atoms. The second-order valence-corrected chi connectivity index (χ2v) is 2.55. The van der Waals surface area contributed by atoms with Crippen LogP contribution in [0.1, 0.15) is 13.3 Å². The van der Waals surface area contributed by atoms with Crippen LogP contribution in [0, 0.1) is 5.92 Å². The molecular formula is C7H11NO. The third kappa shape index (κ3) is 0.846. The van der Waals surface area contributed by atoms with E-state index in [4.69, 9.17) is 0 Å². The van der Waals surface area contributed by atoms with E-state index < -0.39 is 0 Å². The van der Waals surface area contributed by atoms with E-state index in [-0.39, 0.29) is 5.91 Å². The van der Waals surface area contributed by atoms with Crippen LogP contribution in [0.5, 0.6) is 0 Å². The van der Waals surface area contributed by atoms with E-state index in [1.54, 1.807) is 11.9 Å². The number of amides is 1. The molecule has 1 heterocycles. The molecule has 0 aromatic heterocycles. The first-order chi connectivity index (χ1) is 4.13. The van der Waals surface area contributed by atoms with Crippen LogP contribution < -0.4 is 0 Å². The van der Waals surface area contributed by atoms with Gasteiger partial charge in [-0.3, -0.25) is 4.79 Å². The number of rotatable bonds is 0. The Hall–Kier alpha value is -0.790. The third-order valence-corrected chi connectivity index (χ3v) is 1.85. The quantitative estimate of drug-likeness (QED) is 0.473. The zero-order valence-electron chi connectivity index (χ0n) is 5.85. The number of nitrogens with zero attached hydrogens (tertiary/aromatic N) is 1. The van der Waals surface area contributed by atoms with Gasteiger partial charge in [0.25, 0.3) is 0 Å². The maximum atomic E-state index is 10.9. The summed E-state index contributed by atoms with van der Waals surface area (Å²) >= 11 is 0. The summed E-state index contributed by atoms with van der Waals surface area (Å²) in [6.07, 6.45) is 0.634. The van der Waals surface area contributed by atoms with Crippen molar-refractivity contribution >= 4 is 5.91 Å². The molecule has 50 valence electrons. The molecule has 1 amide bonds. The molecule has 0 aliphatic carbocycles. The van der Waals surface area contributed by atoms with E-state index in [0.29, 0.717) is 12.3 Å². The molecule has 1 aliphatic heterocycles. The average Bonchev–Trinajstić information content (AvgIpc) is 1.98. The van der Waals surface area contributed by atoms with E-state index in [0.717, 1.165) is 5.70 Å². The van der Waals surface area contributed by atoms with Gasteiger partial charge in [-0.25, -0.2) is 0 Å². The summed E-state index contributed by atoms with van der Waals surface area (Å²) in [6, 6.07) is 0. The van der Waals surface area contributed by atoms with Gasteiger partial charge in [-0.1, -0.05) is 13.5 Å². The molecule has 1 atom stereocenters. The second kappa shape index (κ2) is 1.87. The van der Waals surface area contributed by atoms with Crippen molar-refractivity contribution in [3.63, 3.8) is 0 Å². The van der Waals surface area contributed by atoms with E-state index in [9.17, 15) is 4.79 Å². The molecule has 0 N–H and O–H groups in total. The fourth-order valence-electron chi connectivity index (χ4n) is 1.01. The van der Waals surface area contributed by atoms with Crippen LogP contribution in [-0.2, 0) is 4.79 Å². The van der Waals surface area contributed by atoms with Crippen molar-refractivity contribution in [2.75, 3.05) is 7.05 Å². The molecule has 0 radical (unpaired) electrons. The molecule has 1 aliphatic rings. The SMILES string of the molecule is C=C1C(C)CC(=O)N1C. The Morgan fingerprint density at radius 3 is 2.44 bits per heavy atom. The Morgan fingerprint density at radius 2 is 2.33 bits per heavy atom. The van der Waals surface area contributed by atoms with Crippen LogP contribution in [0.3, 0.4) is 0 Å². The number of hydrogen-bond acceptors (Lipinski definition) is 1. The van der Waals surface area contributed by atoms with E-state index in [1.807, 2.05) is 6.92 Å². The summed E-state index contributed by atoms with van der Waals surface area (Å²) in [6.45, 7) is 5.79. The zero-order valence-corrected chi connectivity index (χ0v) is 5.85. The molecule has 1 rings (SSSR count). The van der Waals surface area contributed by atoms with Crippen molar-refractivity contribution in [3.05, 3.63) is 12.3 Å². The molecule has 0 spiro atoms. The fourth-order valence-corrected chi connectivity index (χ4v) is 1.01. The highest BCUT2D eigenvalue weighted by atomic mass is 16.2. The number of likely N-dealkylation sites (tertiary alicyclic amines) is 1. The van der Waals surface area contributed by atoms with Gasteiger partial charge in [0.15, 0.2) is 0 Å². The Morgan fingerprint density at radius 1 is 1.78 bits per heavy atom. The van der Waals surface area contributed by atoms with Gasteiger partial charge in [0.2, 0.25) is 5.91 Å². The molecule has 0 saturated carbocycles. The fraction of sp³-hybridized carbons (Fsp3) is 0.571. The van der Waals surface area contributed by atoms with Crippen molar-refractivity contribution in [1.82, 2.24) is 4.90 Å². The van der Waals surface area contributed by atoms with E-state index in [2.05, 4.69) is 6.58 Å². The highest BCUT2D eigenvalue weighted by Crippen LogP contribution is 2.24. The van der Waals surface area contributed by atoms with Gasteiger partial charge in [-0.05, 0) is 0 Å². The summed E-state index contributed by atoms with van der Waals surface area (Å²) in [4.78, 5) is 12.5. The lowest BCUT2D eigenvalue weighted by atomic mass is 10.1. The smallest absolute Gasteiger partial charge is 0.227 e. The molecule has 1 unspecified atom stereocenters. The Bertz CT molecular complexity index is 162. The highest BCUT2D eigenvalue weighted by Gasteiger charge is 2.26. The van der Waals surface area contributed by atoms with Crippen LogP contribution >= 0.6 is 0 Å². The highest BCUT2D eigenvalue weighted by molar-refractivity contribution is 5.81. The molecule has 1 fully saturated rings. The van der Waals surface area contributed by atoms with Gasteiger partial charge in [0.1, 0.15) is 0 Å². The van der Waals surface area contributed by atoms with Gasteiger partial charge >= 0.3 is 0 Å². The van der Waals surface area contributed by atoms with Crippen molar-refractivity contribution in [1.29, 1.82) is 0 Å². The lowest BCUT2D eigenvalue weighted by molar-refractivity contribution is -0.125. The van der Waals surface area contributed by atoms with Gasteiger partial charge in [-0.2, -0.15) is 0 Å². The monoisotopic (exact) mass is 125 g/mol. The van der Waals surface area contributed by atoms with Gasteiger partial charge < -0.3 is 4.90 Å². The maximum Gasteiger partial charge on any atom is 0.227 e. The number of allylic oxidation sites excluding steroid dienone is 1. The van der Waals surface area contributed by atoms with Crippen LogP contribution in [0.2, 0.25) is 0 Å². The van der Waals surface area contributed by atoms with Crippen molar-refractivity contribution < 1.29 is 4.79 Å². The summed E-state index contributed by atoms with van der Waals surface area (Å²) in [5.41, 5.74) is 0.944. The third-order valence-electron chi connectivity index (χ3n) is 1.85. The first-order valence-electron chi connectivity index (χ1n) is 3.08. The molecular weight excluding hydrogens is 114 g/mol. The molecule has 2 nitrogen and oxygen atoms in total. The van der Waals surface area contributed by atoms with Gasteiger partial charge in [0, 0.05) is 25.1 Å². The average molecular weight is 125 g/mol. The standard InChI is InChI=1S/C7H11NO/c1-5-4-7(9)8(3)6(5)2/h5H,2,4H2,1,3H3. The molecule has 1 saturated heterocycles. The second-order valence-electron chi connectivity index (χ2n) is 2.55. The number of carbonyl (C=O) groups is 1. The topological polar surface area (TPSA) is 20.3 Å². The molecule has 2 heteroatoms. The van der Waals surface area contributed by atoms with Gasteiger partial charge in [0.05, 0.1) is 0 Å². The minimum Gasteiger partial charge on any atom is -0.320 e. The van der Waals surface area contributed by atoms with Crippen LogP contribution in [-0.4, -0.2) is 17.9 Å². The zero-order chi connectivity index (χ0) is 7.02. The van der Waals surface area contributed by atoms with Crippen molar-refractivity contribution in [2.45, 2.75) is 13.3 Å².